The maximum Gasteiger partial charge on any atom is 0.239 e. The molecule has 6 nitrogen and oxygen atoms in total. The van der Waals surface area contributed by atoms with Crippen molar-refractivity contribution in [3.05, 3.63) is 59.7 Å². The third-order valence-corrected chi connectivity index (χ3v) is 4.48. The van der Waals surface area contributed by atoms with Gasteiger partial charge >= 0.3 is 0 Å². The SMILES string of the molecule is COc1ccc(CCN(CC(=O)NCCc2ccccc2)C(C)=O)cc1OC. The van der Waals surface area contributed by atoms with Crippen LogP contribution in [0.2, 0.25) is 0 Å². The molecule has 2 rings (SSSR count). The summed E-state index contributed by atoms with van der Waals surface area (Å²) in [6, 6.07) is 15.6. The number of benzene rings is 2. The first-order valence-electron chi connectivity index (χ1n) is 9.30. The van der Waals surface area contributed by atoms with Gasteiger partial charge in [-0.05, 0) is 36.1 Å². The number of ether oxygens (including phenoxy) is 2. The molecule has 150 valence electrons. The Morgan fingerprint density at radius 3 is 2.29 bits per heavy atom. The first-order chi connectivity index (χ1) is 13.5. The number of nitrogens with zero attached hydrogens (tertiary/aromatic N) is 1. The minimum Gasteiger partial charge on any atom is -0.493 e. The second-order valence-electron chi connectivity index (χ2n) is 6.47. The Hall–Kier alpha value is -3.02. The van der Waals surface area contributed by atoms with E-state index in [0.29, 0.717) is 31.0 Å². The van der Waals surface area contributed by atoms with Crippen molar-refractivity contribution in [3.8, 4) is 11.5 Å². The molecule has 0 aromatic heterocycles. The molecular weight excluding hydrogens is 356 g/mol. The summed E-state index contributed by atoms with van der Waals surface area (Å²) in [6.45, 7) is 2.53. The van der Waals surface area contributed by atoms with Crippen molar-refractivity contribution < 1.29 is 19.1 Å². The minimum atomic E-state index is -0.154. The highest BCUT2D eigenvalue weighted by atomic mass is 16.5. The van der Waals surface area contributed by atoms with Gasteiger partial charge in [0.2, 0.25) is 11.8 Å². The average Bonchev–Trinajstić information content (AvgIpc) is 2.71. The fourth-order valence-electron chi connectivity index (χ4n) is 2.87. The maximum atomic E-state index is 12.2. The van der Waals surface area contributed by atoms with Crippen LogP contribution in [0.4, 0.5) is 0 Å². The quantitative estimate of drug-likeness (QED) is 0.683. The molecule has 2 amide bonds. The van der Waals surface area contributed by atoms with Gasteiger partial charge in [0.25, 0.3) is 0 Å². The Bertz CT molecular complexity index is 777. The van der Waals surface area contributed by atoms with Crippen LogP contribution in [0.15, 0.2) is 48.5 Å². The van der Waals surface area contributed by atoms with E-state index in [2.05, 4.69) is 5.32 Å². The van der Waals surface area contributed by atoms with Crippen LogP contribution in [-0.2, 0) is 22.4 Å². The van der Waals surface area contributed by atoms with E-state index in [0.717, 1.165) is 12.0 Å². The minimum absolute atomic E-state index is 0.0530. The molecule has 0 aliphatic rings. The fourth-order valence-corrected chi connectivity index (χ4v) is 2.87. The highest BCUT2D eigenvalue weighted by Crippen LogP contribution is 2.27. The number of rotatable bonds is 10. The summed E-state index contributed by atoms with van der Waals surface area (Å²) in [4.78, 5) is 25.7. The highest BCUT2D eigenvalue weighted by molar-refractivity contribution is 5.83. The van der Waals surface area contributed by atoms with Crippen LogP contribution < -0.4 is 14.8 Å². The van der Waals surface area contributed by atoms with Crippen molar-refractivity contribution in [3.63, 3.8) is 0 Å². The molecule has 0 fully saturated rings. The van der Waals surface area contributed by atoms with E-state index in [4.69, 9.17) is 9.47 Å². The summed E-state index contributed by atoms with van der Waals surface area (Å²) >= 11 is 0. The van der Waals surface area contributed by atoms with Gasteiger partial charge in [-0.2, -0.15) is 0 Å². The molecule has 0 atom stereocenters. The Kier molecular flexibility index (Phi) is 8.34. The summed E-state index contributed by atoms with van der Waals surface area (Å²) < 4.78 is 10.5. The van der Waals surface area contributed by atoms with Crippen molar-refractivity contribution >= 4 is 11.8 Å². The van der Waals surface area contributed by atoms with Gasteiger partial charge in [0, 0.05) is 20.0 Å². The number of amides is 2. The summed E-state index contributed by atoms with van der Waals surface area (Å²) in [5.74, 6) is 1.03. The van der Waals surface area contributed by atoms with Crippen molar-refractivity contribution in [2.24, 2.45) is 0 Å². The van der Waals surface area contributed by atoms with Crippen LogP contribution in [0.3, 0.4) is 0 Å². The largest absolute Gasteiger partial charge is 0.493 e. The lowest BCUT2D eigenvalue weighted by Crippen LogP contribution is -2.41. The predicted molar refractivity (Wildman–Crippen MR) is 109 cm³/mol. The Morgan fingerprint density at radius 1 is 0.929 bits per heavy atom. The molecule has 0 saturated carbocycles. The molecule has 1 N–H and O–H groups in total. The normalized spacial score (nSPS) is 10.2. The van der Waals surface area contributed by atoms with Gasteiger partial charge in [-0.3, -0.25) is 9.59 Å². The van der Waals surface area contributed by atoms with E-state index < -0.39 is 0 Å². The molecule has 2 aromatic carbocycles. The summed E-state index contributed by atoms with van der Waals surface area (Å²) in [5, 5.41) is 2.88. The zero-order valence-corrected chi connectivity index (χ0v) is 16.7. The van der Waals surface area contributed by atoms with Crippen molar-refractivity contribution in [1.82, 2.24) is 10.2 Å². The lowest BCUT2D eigenvalue weighted by atomic mass is 10.1. The molecule has 0 heterocycles. The molecular formula is C22H28N2O4. The molecule has 0 bridgehead atoms. The van der Waals surface area contributed by atoms with Gasteiger partial charge in [-0.15, -0.1) is 0 Å². The zero-order chi connectivity index (χ0) is 20.4. The number of carbonyl (C=O) groups is 2. The monoisotopic (exact) mass is 384 g/mol. The van der Waals surface area contributed by atoms with Crippen LogP contribution in [0.25, 0.3) is 0 Å². The number of methoxy groups -OCH3 is 2. The number of hydrogen-bond donors (Lipinski definition) is 1. The molecule has 2 aromatic rings. The van der Waals surface area contributed by atoms with Gasteiger partial charge in [0.05, 0.1) is 20.8 Å². The molecule has 0 radical (unpaired) electrons. The highest BCUT2D eigenvalue weighted by Gasteiger charge is 2.14. The van der Waals surface area contributed by atoms with Crippen molar-refractivity contribution in [2.45, 2.75) is 19.8 Å². The van der Waals surface area contributed by atoms with Crippen LogP contribution >= 0.6 is 0 Å². The first kappa shape index (κ1) is 21.3. The Morgan fingerprint density at radius 2 is 1.64 bits per heavy atom. The Balaban J connectivity index is 1.84. The Labute approximate surface area is 166 Å². The van der Waals surface area contributed by atoms with Crippen molar-refractivity contribution in [1.29, 1.82) is 0 Å². The lowest BCUT2D eigenvalue weighted by Gasteiger charge is -2.21. The maximum absolute atomic E-state index is 12.2. The van der Waals surface area contributed by atoms with E-state index >= 15 is 0 Å². The lowest BCUT2D eigenvalue weighted by molar-refractivity contribution is -0.134. The third-order valence-electron chi connectivity index (χ3n) is 4.48. The van der Waals surface area contributed by atoms with Crippen LogP contribution in [0, 0.1) is 0 Å². The second kappa shape index (κ2) is 11.0. The van der Waals surface area contributed by atoms with E-state index in [1.54, 1.807) is 19.1 Å². The van der Waals surface area contributed by atoms with Gasteiger partial charge in [-0.1, -0.05) is 36.4 Å². The number of carbonyl (C=O) groups excluding carboxylic acids is 2. The van der Waals surface area contributed by atoms with E-state index in [1.165, 1.54) is 12.5 Å². The van der Waals surface area contributed by atoms with Crippen LogP contribution in [0.5, 0.6) is 11.5 Å². The number of hydrogen-bond acceptors (Lipinski definition) is 4. The zero-order valence-electron chi connectivity index (χ0n) is 16.7. The molecule has 0 aliphatic carbocycles. The molecule has 6 heteroatoms. The molecule has 28 heavy (non-hydrogen) atoms. The van der Waals surface area contributed by atoms with E-state index in [-0.39, 0.29) is 18.4 Å². The summed E-state index contributed by atoms with van der Waals surface area (Å²) in [5.41, 5.74) is 2.17. The van der Waals surface area contributed by atoms with Gasteiger partial charge < -0.3 is 19.7 Å². The summed E-state index contributed by atoms with van der Waals surface area (Å²) in [6.07, 6.45) is 1.38. The fraction of sp³-hybridized carbons (Fsp3) is 0.364. The average molecular weight is 384 g/mol. The third kappa shape index (κ3) is 6.61. The predicted octanol–water partition coefficient (Wildman–Crippen LogP) is 2.45. The molecule has 0 aliphatic heterocycles. The van der Waals surface area contributed by atoms with E-state index in [9.17, 15) is 9.59 Å². The van der Waals surface area contributed by atoms with Crippen LogP contribution in [-0.4, -0.2) is 50.6 Å². The first-order valence-corrected chi connectivity index (χ1v) is 9.30. The topological polar surface area (TPSA) is 67.9 Å². The standard InChI is InChI=1S/C22H28N2O4/c1-17(25)24(14-12-19-9-10-20(27-2)21(15-19)28-3)16-22(26)23-13-11-18-7-5-4-6-8-18/h4-10,15H,11-14,16H2,1-3H3,(H,23,26). The second-order valence-corrected chi connectivity index (χ2v) is 6.47. The number of nitrogens with one attached hydrogen (secondary N) is 1. The van der Waals surface area contributed by atoms with Gasteiger partial charge in [-0.25, -0.2) is 0 Å². The van der Waals surface area contributed by atoms with Gasteiger partial charge in [0.1, 0.15) is 0 Å². The smallest absolute Gasteiger partial charge is 0.239 e. The van der Waals surface area contributed by atoms with Crippen molar-refractivity contribution in [2.75, 3.05) is 33.9 Å². The molecule has 0 unspecified atom stereocenters. The van der Waals surface area contributed by atoms with E-state index in [1.807, 2.05) is 48.5 Å². The van der Waals surface area contributed by atoms with Gasteiger partial charge in [0.15, 0.2) is 11.5 Å². The molecule has 0 saturated heterocycles. The van der Waals surface area contributed by atoms with Crippen LogP contribution in [0.1, 0.15) is 18.1 Å². The molecule has 0 spiro atoms. The summed E-state index contributed by atoms with van der Waals surface area (Å²) in [7, 11) is 3.18.